The number of rotatable bonds is 6. The van der Waals surface area contributed by atoms with Crippen LogP contribution in [0.25, 0.3) is 0 Å². The first-order valence-electron chi connectivity index (χ1n) is 5.55. The fourth-order valence-corrected chi connectivity index (χ4v) is 0.957. The molecule has 13 heavy (non-hydrogen) atoms. The predicted octanol–water partition coefficient (Wildman–Crippen LogP) is 3.75. The molecule has 0 amide bonds. The molecular weight excluding hydrogens is 158 g/mol. The van der Waals surface area contributed by atoms with Gasteiger partial charge in [-0.1, -0.05) is 58.8 Å². The summed E-state index contributed by atoms with van der Waals surface area (Å²) in [5, 5.41) is 0. The van der Waals surface area contributed by atoms with Crippen molar-refractivity contribution in [2.75, 3.05) is 21.1 Å². The van der Waals surface area contributed by atoms with Crippen molar-refractivity contribution in [2.24, 2.45) is 0 Å². The van der Waals surface area contributed by atoms with Crippen molar-refractivity contribution < 1.29 is 0 Å². The van der Waals surface area contributed by atoms with Crippen molar-refractivity contribution in [1.82, 2.24) is 4.90 Å². The summed E-state index contributed by atoms with van der Waals surface area (Å²) in [4.78, 5) is 2.00. The third kappa shape index (κ3) is 33.4. The monoisotopic (exact) mass is 186 g/mol. The lowest BCUT2D eigenvalue weighted by atomic mass is 10.1. The fraction of sp³-hybridized carbons (Fsp3) is 0.917. The first-order valence-corrected chi connectivity index (χ1v) is 5.55. The van der Waals surface area contributed by atoms with Crippen LogP contribution in [0.1, 0.15) is 51.9 Å². The van der Waals surface area contributed by atoms with Gasteiger partial charge in [-0.15, -0.1) is 0 Å². The van der Waals surface area contributed by atoms with Crippen LogP contribution >= 0.6 is 0 Å². The van der Waals surface area contributed by atoms with E-state index in [0.29, 0.717) is 0 Å². The molecule has 81 valence electrons. The van der Waals surface area contributed by atoms with Gasteiger partial charge in [0.25, 0.3) is 0 Å². The van der Waals surface area contributed by atoms with Gasteiger partial charge in [-0.3, -0.25) is 0 Å². The van der Waals surface area contributed by atoms with Crippen LogP contribution < -0.4 is 0 Å². The summed E-state index contributed by atoms with van der Waals surface area (Å²) in [5.74, 6) is 0. The Morgan fingerprint density at radius 3 is 1.62 bits per heavy atom. The van der Waals surface area contributed by atoms with E-state index in [-0.39, 0.29) is 0 Å². The van der Waals surface area contributed by atoms with Gasteiger partial charge in [0.2, 0.25) is 0 Å². The van der Waals surface area contributed by atoms with E-state index in [1.54, 1.807) is 0 Å². The third-order valence-corrected chi connectivity index (χ3v) is 1.60. The molecule has 0 aliphatic rings. The van der Waals surface area contributed by atoms with E-state index in [9.17, 15) is 0 Å². The maximum absolute atomic E-state index is 3.80. The Kier molecular flexibility index (Phi) is 17.2. The molecular formula is C12H28N. The number of nitrogens with zero attached hydrogens (tertiary/aromatic N) is 1. The lowest BCUT2D eigenvalue weighted by molar-refractivity contribution is 0.505. The smallest absolute Gasteiger partial charge is 0.0140 e. The molecule has 0 heterocycles. The lowest BCUT2D eigenvalue weighted by Crippen LogP contribution is -1.99. The van der Waals surface area contributed by atoms with Crippen LogP contribution in [0, 0.1) is 6.92 Å². The van der Waals surface area contributed by atoms with Gasteiger partial charge in [0, 0.05) is 0 Å². The van der Waals surface area contributed by atoms with Crippen molar-refractivity contribution in [3.8, 4) is 0 Å². The molecule has 0 rings (SSSR count). The quantitative estimate of drug-likeness (QED) is 0.571. The zero-order valence-corrected chi connectivity index (χ0v) is 10.1. The minimum atomic E-state index is 1.12. The molecule has 1 heteroatoms. The highest BCUT2D eigenvalue weighted by molar-refractivity contribution is 4.44. The number of hydrogen-bond donors (Lipinski definition) is 0. The molecule has 1 nitrogen and oxygen atoms in total. The molecule has 0 aromatic carbocycles. The summed E-state index contributed by atoms with van der Waals surface area (Å²) in [6.07, 6.45) is 9.45. The van der Waals surface area contributed by atoms with Crippen LogP contribution in [0.2, 0.25) is 0 Å². The normalized spacial score (nSPS) is 9.69. The minimum absolute atomic E-state index is 1.12. The zero-order chi connectivity index (χ0) is 10.5. The Morgan fingerprint density at radius 1 is 0.846 bits per heavy atom. The Morgan fingerprint density at radius 2 is 1.23 bits per heavy atom. The summed E-state index contributed by atoms with van der Waals surface area (Å²) in [5.41, 5.74) is 0. The summed E-state index contributed by atoms with van der Waals surface area (Å²) in [6, 6.07) is 0. The van der Waals surface area contributed by atoms with E-state index < -0.39 is 0 Å². The number of unbranched alkanes of at least 4 members (excludes halogenated alkanes) is 6. The average Bonchev–Trinajstić information content (AvgIpc) is 2.03. The van der Waals surface area contributed by atoms with Crippen molar-refractivity contribution >= 4 is 0 Å². The molecule has 1 radical (unpaired) electrons. The van der Waals surface area contributed by atoms with Crippen molar-refractivity contribution in [1.29, 1.82) is 0 Å². The summed E-state index contributed by atoms with van der Waals surface area (Å²) < 4.78 is 0. The highest BCUT2D eigenvalue weighted by Gasteiger charge is 1.85. The highest BCUT2D eigenvalue weighted by atomic mass is 15.0. The second-order valence-corrected chi connectivity index (χ2v) is 3.96. The Labute approximate surface area is 85.5 Å². The fourth-order valence-electron chi connectivity index (χ4n) is 0.957. The molecule has 0 atom stereocenters. The first-order chi connectivity index (χ1) is 6.15. The summed E-state index contributed by atoms with van der Waals surface area (Å²) in [6.45, 7) is 6.05. The maximum Gasteiger partial charge on any atom is -0.0140 e. The topological polar surface area (TPSA) is 3.24 Å². The van der Waals surface area contributed by atoms with E-state index in [4.69, 9.17) is 0 Å². The van der Waals surface area contributed by atoms with Crippen molar-refractivity contribution in [2.45, 2.75) is 51.9 Å². The summed E-state index contributed by atoms with van der Waals surface area (Å²) >= 11 is 0. The van der Waals surface area contributed by atoms with Crippen molar-refractivity contribution in [3.63, 3.8) is 0 Å². The largest absolute Gasteiger partial charge is 0.312 e. The first kappa shape index (κ1) is 15.4. The van der Waals surface area contributed by atoms with Gasteiger partial charge in [0.1, 0.15) is 0 Å². The van der Waals surface area contributed by atoms with Gasteiger partial charge in [0.05, 0.1) is 0 Å². The van der Waals surface area contributed by atoms with E-state index in [0.717, 1.165) is 6.42 Å². The van der Waals surface area contributed by atoms with Gasteiger partial charge in [-0.25, -0.2) is 0 Å². The second-order valence-electron chi connectivity index (χ2n) is 3.96. The predicted molar refractivity (Wildman–Crippen MR) is 63.0 cm³/mol. The molecule has 0 aromatic rings. The van der Waals surface area contributed by atoms with Gasteiger partial charge < -0.3 is 4.90 Å². The summed E-state index contributed by atoms with van der Waals surface area (Å²) in [7, 11) is 6.00. The second kappa shape index (κ2) is 14.5. The Balaban J connectivity index is 0. The van der Waals surface area contributed by atoms with Gasteiger partial charge in [-0.05, 0) is 21.1 Å². The van der Waals surface area contributed by atoms with Crippen LogP contribution in [0.3, 0.4) is 0 Å². The van der Waals surface area contributed by atoms with Gasteiger partial charge >= 0.3 is 0 Å². The Bertz CT molecular complexity index is 60.8. The Hall–Kier alpha value is -0.0400. The lowest BCUT2D eigenvalue weighted by Gasteiger charge is -1.95. The molecule has 0 aromatic heterocycles. The molecule has 0 saturated heterocycles. The average molecular weight is 186 g/mol. The molecule has 0 saturated carbocycles. The van der Waals surface area contributed by atoms with Crippen LogP contribution in [-0.4, -0.2) is 26.0 Å². The van der Waals surface area contributed by atoms with Crippen LogP contribution in [-0.2, 0) is 0 Å². The van der Waals surface area contributed by atoms with E-state index >= 15 is 0 Å². The third-order valence-electron chi connectivity index (χ3n) is 1.60. The standard InChI is InChI=1S/C9H19.C3H9N/c1-3-5-7-9-8-6-4-2;1-4(2)3/h1,3-9H2,2H3;1-3H3. The molecule has 0 spiro atoms. The molecule has 0 N–H and O–H groups in total. The molecule has 0 fully saturated rings. The van der Waals surface area contributed by atoms with Crippen molar-refractivity contribution in [3.05, 3.63) is 6.92 Å². The van der Waals surface area contributed by atoms with Crippen LogP contribution in [0.15, 0.2) is 0 Å². The number of hydrogen-bond acceptors (Lipinski definition) is 1. The van der Waals surface area contributed by atoms with E-state index in [2.05, 4.69) is 13.8 Å². The van der Waals surface area contributed by atoms with Gasteiger partial charge in [0.15, 0.2) is 0 Å². The van der Waals surface area contributed by atoms with E-state index in [1.807, 2.05) is 26.0 Å². The van der Waals surface area contributed by atoms with Crippen LogP contribution in [0.4, 0.5) is 0 Å². The van der Waals surface area contributed by atoms with Gasteiger partial charge in [-0.2, -0.15) is 0 Å². The van der Waals surface area contributed by atoms with Crippen LogP contribution in [0.5, 0.6) is 0 Å². The molecule has 0 aliphatic carbocycles. The molecule has 0 aliphatic heterocycles. The van der Waals surface area contributed by atoms with E-state index in [1.165, 1.54) is 38.5 Å². The molecule has 0 bridgehead atoms. The highest BCUT2D eigenvalue weighted by Crippen LogP contribution is 2.05. The molecule has 0 unspecified atom stereocenters. The maximum atomic E-state index is 3.80. The SMILES string of the molecule is CN(C)C.[CH2]CCCCCCCC. The minimum Gasteiger partial charge on any atom is -0.312 e. The zero-order valence-electron chi connectivity index (χ0n) is 10.1.